The molecule has 0 aliphatic carbocycles. The minimum absolute atomic E-state index is 0.0250. The molecule has 0 bridgehead atoms. The third kappa shape index (κ3) is 6.41. The molecule has 0 heterocycles. The first-order valence-corrected chi connectivity index (χ1v) is 7.09. The van der Waals surface area contributed by atoms with Crippen molar-refractivity contribution in [2.24, 2.45) is 11.8 Å². The molecule has 104 valence electrons. The van der Waals surface area contributed by atoms with Gasteiger partial charge in [-0.1, -0.05) is 38.2 Å². The Hall–Kier alpha value is -0.540. The van der Waals surface area contributed by atoms with E-state index in [0.717, 1.165) is 5.57 Å². The summed E-state index contributed by atoms with van der Waals surface area (Å²) in [6, 6.07) is 0.310. The highest BCUT2D eigenvalue weighted by atomic mass is 32.1. The number of rotatable bonds is 8. The van der Waals surface area contributed by atoms with Gasteiger partial charge in [0.25, 0.3) is 0 Å². The molecule has 2 atom stereocenters. The fourth-order valence-corrected chi connectivity index (χ4v) is 2.39. The number of hydrogen-bond acceptors (Lipinski definition) is 3. The molecule has 0 rings (SSSR count). The zero-order chi connectivity index (χ0) is 14.3. The standard InChI is InChI=1S/C15H27NOS/c1-7-8-12(6)9-13(14(17)10(2)3)15(18)16-11(4)5/h7-8,10-11,13,15-16,18H,6,9H2,1-5H3. The van der Waals surface area contributed by atoms with Crippen molar-refractivity contribution in [3.63, 3.8) is 0 Å². The lowest BCUT2D eigenvalue weighted by atomic mass is 9.89. The molecule has 0 saturated heterocycles. The van der Waals surface area contributed by atoms with E-state index in [0.29, 0.717) is 12.5 Å². The predicted octanol–water partition coefficient (Wildman–Crippen LogP) is 3.60. The highest BCUT2D eigenvalue weighted by Crippen LogP contribution is 2.22. The van der Waals surface area contributed by atoms with Crippen LogP contribution in [-0.4, -0.2) is 17.2 Å². The maximum absolute atomic E-state index is 12.3. The number of carbonyl (C=O) groups is 1. The van der Waals surface area contributed by atoms with Gasteiger partial charge >= 0.3 is 0 Å². The van der Waals surface area contributed by atoms with Crippen LogP contribution in [0.25, 0.3) is 0 Å². The topological polar surface area (TPSA) is 29.1 Å². The number of carbonyl (C=O) groups excluding carboxylic acids is 1. The minimum Gasteiger partial charge on any atom is -0.303 e. The Morgan fingerprint density at radius 2 is 1.89 bits per heavy atom. The minimum atomic E-state index is -0.126. The van der Waals surface area contributed by atoms with Gasteiger partial charge in [-0.15, -0.1) is 0 Å². The third-order valence-electron chi connectivity index (χ3n) is 2.70. The molecule has 0 aliphatic rings. The summed E-state index contributed by atoms with van der Waals surface area (Å²) >= 11 is 4.54. The zero-order valence-corrected chi connectivity index (χ0v) is 13.1. The molecule has 0 amide bonds. The van der Waals surface area contributed by atoms with E-state index in [1.165, 1.54) is 0 Å². The summed E-state index contributed by atoms with van der Waals surface area (Å²) in [6.07, 6.45) is 4.56. The first-order chi connectivity index (χ1) is 8.29. The van der Waals surface area contributed by atoms with Crippen LogP contribution in [0.2, 0.25) is 0 Å². The van der Waals surface area contributed by atoms with Crippen LogP contribution in [0.15, 0.2) is 24.3 Å². The second kappa shape index (κ2) is 8.54. The van der Waals surface area contributed by atoms with Crippen molar-refractivity contribution < 1.29 is 4.79 Å². The highest BCUT2D eigenvalue weighted by Gasteiger charge is 2.28. The first kappa shape index (κ1) is 17.5. The summed E-state index contributed by atoms with van der Waals surface area (Å²) in [5.41, 5.74) is 0.973. The van der Waals surface area contributed by atoms with Crippen LogP contribution >= 0.6 is 12.6 Å². The van der Waals surface area contributed by atoms with E-state index < -0.39 is 0 Å². The summed E-state index contributed by atoms with van der Waals surface area (Å²) in [5, 5.41) is 3.18. The van der Waals surface area contributed by atoms with Crippen molar-refractivity contribution in [1.82, 2.24) is 5.32 Å². The number of hydrogen-bond donors (Lipinski definition) is 2. The molecule has 0 aromatic heterocycles. The van der Waals surface area contributed by atoms with Crippen LogP contribution in [0.1, 0.15) is 41.0 Å². The molecule has 2 nitrogen and oxygen atoms in total. The number of allylic oxidation sites excluding steroid dienone is 3. The molecule has 0 aliphatic heterocycles. The third-order valence-corrected chi connectivity index (χ3v) is 3.21. The number of thiol groups is 1. The first-order valence-electron chi connectivity index (χ1n) is 6.57. The van der Waals surface area contributed by atoms with Gasteiger partial charge in [-0.3, -0.25) is 4.79 Å². The molecule has 2 unspecified atom stereocenters. The van der Waals surface area contributed by atoms with E-state index >= 15 is 0 Å². The van der Waals surface area contributed by atoms with Crippen molar-refractivity contribution in [3.05, 3.63) is 24.3 Å². The summed E-state index contributed by atoms with van der Waals surface area (Å²) in [4.78, 5) is 12.3. The van der Waals surface area contributed by atoms with Crippen molar-refractivity contribution in [3.8, 4) is 0 Å². The lowest BCUT2D eigenvalue weighted by molar-refractivity contribution is -0.126. The Morgan fingerprint density at radius 1 is 1.33 bits per heavy atom. The largest absolute Gasteiger partial charge is 0.303 e. The van der Waals surface area contributed by atoms with E-state index in [2.05, 4.69) is 38.4 Å². The van der Waals surface area contributed by atoms with Gasteiger partial charge in [0.15, 0.2) is 0 Å². The van der Waals surface area contributed by atoms with Crippen molar-refractivity contribution in [1.29, 1.82) is 0 Å². The van der Waals surface area contributed by atoms with E-state index in [-0.39, 0.29) is 23.0 Å². The average Bonchev–Trinajstić information content (AvgIpc) is 2.24. The van der Waals surface area contributed by atoms with Crippen LogP contribution < -0.4 is 5.32 Å². The van der Waals surface area contributed by atoms with Crippen molar-refractivity contribution in [2.75, 3.05) is 0 Å². The molecule has 18 heavy (non-hydrogen) atoms. The van der Waals surface area contributed by atoms with Gasteiger partial charge in [0, 0.05) is 17.9 Å². The second-order valence-corrected chi connectivity index (χ2v) is 5.85. The smallest absolute Gasteiger partial charge is 0.141 e. The lowest BCUT2D eigenvalue weighted by Gasteiger charge is -2.26. The van der Waals surface area contributed by atoms with Gasteiger partial charge < -0.3 is 5.32 Å². The van der Waals surface area contributed by atoms with Gasteiger partial charge in [0.2, 0.25) is 0 Å². The van der Waals surface area contributed by atoms with E-state index in [1.807, 2.05) is 32.9 Å². The molecular formula is C15H27NOS. The quantitative estimate of drug-likeness (QED) is 0.400. The fourth-order valence-electron chi connectivity index (χ4n) is 1.84. The molecule has 0 saturated carbocycles. The average molecular weight is 269 g/mol. The highest BCUT2D eigenvalue weighted by molar-refractivity contribution is 7.80. The van der Waals surface area contributed by atoms with Crippen LogP contribution in [0.3, 0.4) is 0 Å². The van der Waals surface area contributed by atoms with E-state index in [9.17, 15) is 4.79 Å². The monoisotopic (exact) mass is 269 g/mol. The second-order valence-electron chi connectivity index (χ2n) is 5.29. The Balaban J connectivity index is 4.82. The zero-order valence-electron chi connectivity index (χ0n) is 12.2. The number of nitrogens with one attached hydrogen (secondary N) is 1. The predicted molar refractivity (Wildman–Crippen MR) is 83.0 cm³/mol. The van der Waals surface area contributed by atoms with Gasteiger partial charge in [0.05, 0.1) is 5.37 Å². The summed E-state index contributed by atoms with van der Waals surface area (Å²) in [7, 11) is 0. The summed E-state index contributed by atoms with van der Waals surface area (Å²) < 4.78 is 0. The van der Waals surface area contributed by atoms with Crippen LogP contribution in [0, 0.1) is 11.8 Å². The molecule has 0 radical (unpaired) electrons. The molecule has 0 aromatic rings. The Bertz CT molecular complexity index is 308. The fraction of sp³-hybridized carbons (Fsp3) is 0.667. The SMILES string of the molecule is C=C(C=CC)CC(C(=O)C(C)C)C(S)NC(C)C. The Kier molecular flexibility index (Phi) is 8.29. The van der Waals surface area contributed by atoms with Gasteiger partial charge in [-0.05, 0) is 27.2 Å². The number of Topliss-reactive ketones (excluding diaryl/α,β-unsaturated/α-hetero) is 1. The van der Waals surface area contributed by atoms with Gasteiger partial charge in [-0.2, -0.15) is 12.6 Å². The van der Waals surface area contributed by atoms with Gasteiger partial charge in [0.1, 0.15) is 5.78 Å². The molecule has 3 heteroatoms. The number of ketones is 1. The maximum atomic E-state index is 12.3. The lowest BCUT2D eigenvalue weighted by Crippen LogP contribution is -2.41. The van der Waals surface area contributed by atoms with E-state index in [4.69, 9.17) is 0 Å². The molecule has 1 N–H and O–H groups in total. The Labute approximate surface area is 117 Å². The molecule has 0 aromatic carbocycles. The molecule has 0 fully saturated rings. The van der Waals surface area contributed by atoms with Crippen molar-refractivity contribution in [2.45, 2.75) is 52.5 Å². The van der Waals surface area contributed by atoms with E-state index in [1.54, 1.807) is 0 Å². The summed E-state index contributed by atoms with van der Waals surface area (Å²) in [6.45, 7) is 13.9. The van der Waals surface area contributed by atoms with Gasteiger partial charge in [-0.25, -0.2) is 0 Å². The maximum Gasteiger partial charge on any atom is 0.141 e. The molecular weight excluding hydrogens is 242 g/mol. The summed E-state index contributed by atoms with van der Waals surface area (Å²) in [5.74, 6) is 0.144. The van der Waals surface area contributed by atoms with Crippen molar-refractivity contribution >= 4 is 18.4 Å². The molecule has 0 spiro atoms. The van der Waals surface area contributed by atoms with Crippen LogP contribution in [0.4, 0.5) is 0 Å². The Morgan fingerprint density at radius 3 is 2.28 bits per heavy atom. The van der Waals surface area contributed by atoms with Crippen LogP contribution in [0.5, 0.6) is 0 Å². The van der Waals surface area contributed by atoms with Crippen LogP contribution in [-0.2, 0) is 4.79 Å². The normalized spacial score (nSPS) is 15.3.